The van der Waals surface area contributed by atoms with Crippen LogP contribution in [0.3, 0.4) is 0 Å². The van der Waals surface area contributed by atoms with Gasteiger partial charge in [-0.2, -0.15) is 5.10 Å². The van der Waals surface area contributed by atoms with Gasteiger partial charge >= 0.3 is 0 Å². The van der Waals surface area contributed by atoms with E-state index in [9.17, 15) is 0 Å². The molecule has 0 aromatic carbocycles. The van der Waals surface area contributed by atoms with E-state index in [0.717, 1.165) is 30.2 Å². The van der Waals surface area contributed by atoms with Crippen molar-refractivity contribution < 1.29 is 0 Å². The zero-order valence-corrected chi connectivity index (χ0v) is 9.43. The van der Waals surface area contributed by atoms with Crippen LogP contribution >= 0.6 is 0 Å². The molecular formula is C11H15N5. The van der Waals surface area contributed by atoms with Gasteiger partial charge in [0.15, 0.2) is 5.82 Å². The summed E-state index contributed by atoms with van der Waals surface area (Å²) in [4.78, 5) is 0. The third kappa shape index (κ3) is 1.52. The lowest BCUT2D eigenvalue weighted by Crippen LogP contribution is -2.02. The van der Waals surface area contributed by atoms with E-state index in [0.29, 0.717) is 0 Å². The molecule has 1 aliphatic rings. The van der Waals surface area contributed by atoms with E-state index in [1.807, 2.05) is 19.4 Å². The highest BCUT2D eigenvalue weighted by Crippen LogP contribution is 2.21. The van der Waals surface area contributed by atoms with Crippen LogP contribution in [-0.4, -0.2) is 24.5 Å². The van der Waals surface area contributed by atoms with Gasteiger partial charge in [0.2, 0.25) is 0 Å². The fourth-order valence-electron chi connectivity index (χ4n) is 2.24. The molecule has 16 heavy (non-hydrogen) atoms. The van der Waals surface area contributed by atoms with Crippen molar-refractivity contribution in [1.29, 1.82) is 0 Å². The van der Waals surface area contributed by atoms with E-state index in [-0.39, 0.29) is 0 Å². The second kappa shape index (κ2) is 3.73. The minimum absolute atomic E-state index is 0.963. The molecule has 0 radical (unpaired) electrons. The molecule has 0 fully saturated rings. The Morgan fingerprint density at radius 1 is 1.19 bits per heavy atom. The molecule has 0 N–H and O–H groups in total. The second-order valence-corrected chi connectivity index (χ2v) is 4.30. The predicted octanol–water partition coefficient (Wildman–Crippen LogP) is 1.40. The van der Waals surface area contributed by atoms with Crippen LogP contribution in [0, 0.1) is 0 Å². The lowest BCUT2D eigenvalue weighted by Gasteiger charge is -2.04. The van der Waals surface area contributed by atoms with E-state index in [2.05, 4.69) is 19.9 Å². The highest BCUT2D eigenvalue weighted by Gasteiger charge is 2.16. The van der Waals surface area contributed by atoms with E-state index < -0.39 is 0 Å². The molecule has 5 heteroatoms. The third-order valence-electron chi connectivity index (χ3n) is 3.07. The average molecular weight is 217 g/mol. The number of rotatable bonds is 1. The molecule has 3 heterocycles. The summed E-state index contributed by atoms with van der Waals surface area (Å²) in [6, 6.07) is 0. The first-order valence-electron chi connectivity index (χ1n) is 5.76. The summed E-state index contributed by atoms with van der Waals surface area (Å²) in [6.45, 7) is 1.03. The van der Waals surface area contributed by atoms with Gasteiger partial charge in [0.1, 0.15) is 5.82 Å². The first-order chi connectivity index (χ1) is 7.84. The Bertz CT molecular complexity index is 496. The van der Waals surface area contributed by atoms with Crippen molar-refractivity contribution in [3.63, 3.8) is 0 Å². The molecule has 1 aliphatic heterocycles. The molecule has 84 valence electrons. The molecule has 0 bridgehead atoms. The molecule has 0 amide bonds. The van der Waals surface area contributed by atoms with Crippen molar-refractivity contribution >= 4 is 0 Å². The second-order valence-electron chi connectivity index (χ2n) is 4.30. The lowest BCUT2D eigenvalue weighted by molar-refractivity contribution is 0.636. The minimum Gasteiger partial charge on any atom is -0.311 e. The summed E-state index contributed by atoms with van der Waals surface area (Å²) in [6.07, 6.45) is 8.62. The van der Waals surface area contributed by atoms with E-state index in [4.69, 9.17) is 0 Å². The average Bonchev–Trinajstić information content (AvgIpc) is 2.79. The summed E-state index contributed by atoms with van der Waals surface area (Å²) >= 11 is 0. The first-order valence-corrected chi connectivity index (χ1v) is 5.76. The zero-order valence-electron chi connectivity index (χ0n) is 9.43. The maximum absolute atomic E-state index is 4.28. The Balaban J connectivity index is 2.05. The van der Waals surface area contributed by atoms with Crippen molar-refractivity contribution in [1.82, 2.24) is 24.5 Å². The number of hydrogen-bond acceptors (Lipinski definition) is 3. The quantitative estimate of drug-likeness (QED) is 0.725. The lowest BCUT2D eigenvalue weighted by atomic mass is 10.2. The Kier molecular flexibility index (Phi) is 2.23. The number of hydrogen-bond donors (Lipinski definition) is 0. The summed E-state index contributed by atoms with van der Waals surface area (Å²) in [5.74, 6) is 2.08. The van der Waals surface area contributed by atoms with Crippen molar-refractivity contribution in [2.45, 2.75) is 32.2 Å². The molecular weight excluding hydrogens is 202 g/mol. The molecule has 0 spiro atoms. The van der Waals surface area contributed by atoms with Gasteiger partial charge < -0.3 is 4.57 Å². The number of aromatic nitrogens is 5. The molecule has 2 aromatic rings. The molecule has 0 saturated carbocycles. The Hall–Kier alpha value is -1.65. The van der Waals surface area contributed by atoms with Gasteiger partial charge in [-0.25, -0.2) is 0 Å². The largest absolute Gasteiger partial charge is 0.311 e. The van der Waals surface area contributed by atoms with Crippen LogP contribution in [0.5, 0.6) is 0 Å². The number of aryl methyl sites for hydroxylation is 2. The fourth-order valence-corrected chi connectivity index (χ4v) is 2.24. The van der Waals surface area contributed by atoms with Crippen LogP contribution < -0.4 is 0 Å². The summed E-state index contributed by atoms with van der Waals surface area (Å²) in [5.41, 5.74) is 1.06. The number of nitrogens with zero attached hydrogens (tertiary/aromatic N) is 5. The van der Waals surface area contributed by atoms with Gasteiger partial charge in [0.05, 0.1) is 11.8 Å². The van der Waals surface area contributed by atoms with Crippen LogP contribution in [0.1, 0.15) is 25.1 Å². The van der Waals surface area contributed by atoms with Crippen LogP contribution in [0.15, 0.2) is 12.4 Å². The maximum Gasteiger partial charge on any atom is 0.167 e. The highest BCUT2D eigenvalue weighted by molar-refractivity contribution is 5.52. The fraction of sp³-hybridized carbons (Fsp3) is 0.545. The minimum atomic E-state index is 0.963. The Labute approximate surface area is 94.1 Å². The predicted molar refractivity (Wildman–Crippen MR) is 59.8 cm³/mol. The van der Waals surface area contributed by atoms with Gasteiger partial charge in [-0.3, -0.25) is 4.68 Å². The molecule has 0 saturated heterocycles. The Morgan fingerprint density at radius 3 is 2.94 bits per heavy atom. The van der Waals surface area contributed by atoms with E-state index in [1.54, 1.807) is 4.68 Å². The normalized spacial score (nSPS) is 15.8. The molecule has 5 nitrogen and oxygen atoms in total. The first kappa shape index (κ1) is 9.57. The summed E-state index contributed by atoms with van der Waals surface area (Å²) < 4.78 is 4.04. The molecule has 3 rings (SSSR count). The van der Waals surface area contributed by atoms with Crippen LogP contribution in [0.2, 0.25) is 0 Å². The van der Waals surface area contributed by atoms with Crippen molar-refractivity contribution in [3.8, 4) is 11.4 Å². The molecule has 0 aliphatic carbocycles. The smallest absolute Gasteiger partial charge is 0.167 e. The monoisotopic (exact) mass is 217 g/mol. The van der Waals surface area contributed by atoms with Crippen LogP contribution in [-0.2, 0) is 20.0 Å². The van der Waals surface area contributed by atoms with Crippen molar-refractivity contribution in [2.24, 2.45) is 7.05 Å². The zero-order chi connectivity index (χ0) is 11.0. The van der Waals surface area contributed by atoms with Gasteiger partial charge in [0, 0.05) is 26.2 Å². The van der Waals surface area contributed by atoms with Crippen molar-refractivity contribution in [3.05, 3.63) is 18.2 Å². The van der Waals surface area contributed by atoms with Gasteiger partial charge in [-0.1, -0.05) is 6.42 Å². The van der Waals surface area contributed by atoms with E-state index in [1.165, 1.54) is 19.3 Å². The third-order valence-corrected chi connectivity index (χ3v) is 3.07. The molecule has 0 unspecified atom stereocenters. The van der Waals surface area contributed by atoms with Crippen molar-refractivity contribution in [2.75, 3.05) is 0 Å². The molecule has 0 atom stereocenters. The SMILES string of the molecule is Cn1cc(-c2nnc3n2CCCCC3)cn1. The summed E-state index contributed by atoms with van der Waals surface area (Å²) in [5, 5.41) is 12.7. The van der Waals surface area contributed by atoms with E-state index >= 15 is 0 Å². The topological polar surface area (TPSA) is 48.5 Å². The van der Waals surface area contributed by atoms with Gasteiger partial charge in [-0.05, 0) is 12.8 Å². The standard InChI is InChI=1S/C11H15N5/c1-15-8-9(7-12-15)11-14-13-10-5-3-2-4-6-16(10)11/h7-8H,2-6H2,1H3. The summed E-state index contributed by atoms with van der Waals surface area (Å²) in [7, 11) is 1.92. The highest BCUT2D eigenvalue weighted by atomic mass is 15.3. The van der Waals surface area contributed by atoms with Crippen LogP contribution in [0.25, 0.3) is 11.4 Å². The number of fused-ring (bicyclic) bond motifs is 1. The van der Waals surface area contributed by atoms with Gasteiger partial charge in [-0.15, -0.1) is 10.2 Å². The Morgan fingerprint density at radius 2 is 2.12 bits per heavy atom. The van der Waals surface area contributed by atoms with Gasteiger partial charge in [0.25, 0.3) is 0 Å². The molecule has 2 aromatic heterocycles. The van der Waals surface area contributed by atoms with Crippen LogP contribution in [0.4, 0.5) is 0 Å². The maximum atomic E-state index is 4.28.